The molecule has 0 radical (unpaired) electrons. The number of oxime groups is 1. The molecule has 2 aromatic carbocycles. The quantitative estimate of drug-likeness (QED) is 0.331. The van der Waals surface area contributed by atoms with E-state index in [1.54, 1.807) is 0 Å². The molecule has 2 aromatic rings. The van der Waals surface area contributed by atoms with Crippen molar-refractivity contribution in [2.45, 2.75) is 0 Å². The standard InChI is InChI=1S/C16H15N5O/c17-16(18)20-19-9-10-22-21-15-13-7-3-1-5-11(13)12-6-2-4-8-14(12)15/h1-9H,10H2,(H4,17,18,20)/b19-9+. The van der Waals surface area contributed by atoms with Gasteiger partial charge in [-0.2, -0.15) is 5.10 Å². The van der Waals surface area contributed by atoms with Crippen molar-refractivity contribution in [1.29, 1.82) is 0 Å². The molecule has 3 rings (SSSR count). The van der Waals surface area contributed by atoms with Gasteiger partial charge < -0.3 is 16.3 Å². The average Bonchev–Trinajstić information content (AvgIpc) is 2.85. The van der Waals surface area contributed by atoms with Gasteiger partial charge in [0.15, 0.2) is 6.61 Å². The van der Waals surface area contributed by atoms with E-state index in [-0.39, 0.29) is 12.6 Å². The maximum absolute atomic E-state index is 5.30. The number of hydrogen-bond donors (Lipinski definition) is 2. The van der Waals surface area contributed by atoms with Crippen molar-refractivity contribution in [3.05, 3.63) is 59.7 Å². The van der Waals surface area contributed by atoms with Gasteiger partial charge in [0, 0.05) is 11.1 Å². The minimum atomic E-state index is -0.0961. The van der Waals surface area contributed by atoms with Crippen LogP contribution in [0.5, 0.6) is 0 Å². The van der Waals surface area contributed by atoms with Gasteiger partial charge in [0.1, 0.15) is 5.71 Å². The average molecular weight is 293 g/mol. The lowest BCUT2D eigenvalue weighted by Crippen LogP contribution is -2.21. The van der Waals surface area contributed by atoms with Gasteiger partial charge in [-0.1, -0.05) is 53.7 Å². The Labute approximate surface area is 127 Å². The van der Waals surface area contributed by atoms with Crippen LogP contribution < -0.4 is 11.5 Å². The number of rotatable bonds is 4. The van der Waals surface area contributed by atoms with Crippen LogP contribution in [0.3, 0.4) is 0 Å². The van der Waals surface area contributed by atoms with Crippen LogP contribution in [0.25, 0.3) is 11.1 Å². The number of benzene rings is 2. The molecule has 0 aromatic heterocycles. The summed E-state index contributed by atoms with van der Waals surface area (Å²) in [6.07, 6.45) is 1.44. The van der Waals surface area contributed by atoms with Crippen LogP contribution in [0.15, 0.2) is 63.9 Å². The summed E-state index contributed by atoms with van der Waals surface area (Å²) in [6.45, 7) is 0.185. The van der Waals surface area contributed by atoms with E-state index in [2.05, 4.69) is 27.5 Å². The molecule has 22 heavy (non-hydrogen) atoms. The van der Waals surface area contributed by atoms with Gasteiger partial charge in [-0.3, -0.25) is 0 Å². The van der Waals surface area contributed by atoms with Crippen molar-refractivity contribution in [2.75, 3.05) is 6.61 Å². The molecule has 110 valence electrons. The zero-order valence-electron chi connectivity index (χ0n) is 11.8. The summed E-state index contributed by atoms with van der Waals surface area (Å²) >= 11 is 0. The minimum Gasteiger partial charge on any atom is -0.389 e. The number of guanidine groups is 1. The van der Waals surface area contributed by atoms with Crippen molar-refractivity contribution in [3.8, 4) is 11.1 Å². The Balaban J connectivity index is 1.83. The Morgan fingerprint density at radius 1 is 0.909 bits per heavy atom. The van der Waals surface area contributed by atoms with Crippen LogP contribution in [0.4, 0.5) is 0 Å². The van der Waals surface area contributed by atoms with Crippen LogP contribution in [0.2, 0.25) is 0 Å². The third-order valence-electron chi connectivity index (χ3n) is 3.21. The van der Waals surface area contributed by atoms with Crippen LogP contribution in [-0.4, -0.2) is 24.5 Å². The molecule has 0 bridgehead atoms. The molecule has 0 fully saturated rings. The van der Waals surface area contributed by atoms with Crippen molar-refractivity contribution in [3.63, 3.8) is 0 Å². The third-order valence-corrected chi connectivity index (χ3v) is 3.21. The highest BCUT2D eigenvalue weighted by molar-refractivity contribution is 6.24. The number of fused-ring (bicyclic) bond motifs is 3. The van der Waals surface area contributed by atoms with Crippen LogP contribution in [-0.2, 0) is 4.84 Å². The molecule has 0 atom stereocenters. The van der Waals surface area contributed by atoms with Crippen LogP contribution >= 0.6 is 0 Å². The monoisotopic (exact) mass is 293 g/mol. The lowest BCUT2D eigenvalue weighted by molar-refractivity contribution is 0.187. The Kier molecular flexibility index (Phi) is 3.82. The SMILES string of the molecule is NC(N)=N/N=C/CON=C1c2ccccc2-c2ccccc21. The highest BCUT2D eigenvalue weighted by Gasteiger charge is 2.24. The minimum absolute atomic E-state index is 0.0961. The summed E-state index contributed by atoms with van der Waals surface area (Å²) < 4.78 is 0. The summed E-state index contributed by atoms with van der Waals surface area (Å²) in [5, 5.41) is 11.4. The van der Waals surface area contributed by atoms with E-state index in [0.717, 1.165) is 28.0 Å². The van der Waals surface area contributed by atoms with Crippen molar-refractivity contribution >= 4 is 17.9 Å². The van der Waals surface area contributed by atoms with Crippen molar-refractivity contribution in [1.82, 2.24) is 0 Å². The molecule has 0 heterocycles. The molecule has 0 unspecified atom stereocenters. The topological polar surface area (TPSA) is 98.4 Å². The zero-order chi connectivity index (χ0) is 15.4. The first-order chi connectivity index (χ1) is 10.8. The van der Waals surface area contributed by atoms with E-state index in [4.69, 9.17) is 16.3 Å². The maximum atomic E-state index is 5.30. The van der Waals surface area contributed by atoms with E-state index in [0.29, 0.717) is 0 Å². The fraction of sp³-hybridized carbons (Fsp3) is 0.0625. The lowest BCUT2D eigenvalue weighted by atomic mass is 10.1. The summed E-state index contributed by atoms with van der Waals surface area (Å²) in [7, 11) is 0. The molecule has 1 aliphatic carbocycles. The number of nitrogens with zero attached hydrogens (tertiary/aromatic N) is 3. The highest BCUT2D eigenvalue weighted by atomic mass is 16.6. The second-order valence-corrected chi connectivity index (χ2v) is 4.65. The molecule has 4 N–H and O–H groups in total. The maximum Gasteiger partial charge on any atom is 0.211 e. The second-order valence-electron chi connectivity index (χ2n) is 4.65. The molecule has 1 aliphatic rings. The van der Waals surface area contributed by atoms with Crippen LogP contribution in [0.1, 0.15) is 11.1 Å². The normalized spacial score (nSPS) is 11.9. The van der Waals surface area contributed by atoms with Gasteiger partial charge in [-0.05, 0) is 11.1 Å². The smallest absolute Gasteiger partial charge is 0.211 e. The van der Waals surface area contributed by atoms with Gasteiger partial charge in [-0.15, -0.1) is 5.10 Å². The second kappa shape index (κ2) is 6.09. The number of nitrogens with two attached hydrogens (primary N) is 2. The van der Waals surface area contributed by atoms with E-state index >= 15 is 0 Å². The Morgan fingerprint density at radius 3 is 2.00 bits per heavy atom. The van der Waals surface area contributed by atoms with Crippen LogP contribution in [0, 0.1) is 0 Å². The predicted octanol–water partition coefficient (Wildman–Crippen LogP) is 1.70. The van der Waals surface area contributed by atoms with E-state index in [9.17, 15) is 0 Å². The molecule has 0 saturated heterocycles. The van der Waals surface area contributed by atoms with Crippen molar-refractivity contribution in [2.24, 2.45) is 26.8 Å². The summed E-state index contributed by atoms with van der Waals surface area (Å²) in [4.78, 5) is 5.30. The Bertz CT molecular complexity index is 728. The summed E-state index contributed by atoms with van der Waals surface area (Å²) in [6, 6.07) is 16.2. The third kappa shape index (κ3) is 2.67. The van der Waals surface area contributed by atoms with Crippen molar-refractivity contribution < 1.29 is 4.84 Å². The van der Waals surface area contributed by atoms with Gasteiger partial charge in [0.2, 0.25) is 5.96 Å². The Morgan fingerprint density at radius 2 is 1.45 bits per heavy atom. The molecular weight excluding hydrogens is 278 g/mol. The molecule has 6 heteroatoms. The van der Waals surface area contributed by atoms with E-state index in [1.807, 2.05) is 36.4 Å². The predicted molar refractivity (Wildman–Crippen MR) is 87.8 cm³/mol. The fourth-order valence-corrected chi connectivity index (χ4v) is 2.37. The van der Waals surface area contributed by atoms with E-state index in [1.165, 1.54) is 6.21 Å². The first kappa shape index (κ1) is 13.8. The molecule has 0 amide bonds. The largest absolute Gasteiger partial charge is 0.389 e. The molecule has 0 spiro atoms. The molecule has 6 nitrogen and oxygen atoms in total. The van der Waals surface area contributed by atoms with E-state index < -0.39 is 0 Å². The summed E-state index contributed by atoms with van der Waals surface area (Å²) in [5.74, 6) is -0.0961. The Hall–Kier alpha value is -3.15. The first-order valence-corrected chi connectivity index (χ1v) is 6.77. The van der Waals surface area contributed by atoms with Gasteiger partial charge in [-0.25, -0.2) is 0 Å². The first-order valence-electron chi connectivity index (χ1n) is 6.77. The molecule has 0 saturated carbocycles. The lowest BCUT2D eigenvalue weighted by Gasteiger charge is -2.00. The summed E-state index contributed by atoms with van der Waals surface area (Å²) in [5.41, 5.74) is 15.6. The zero-order valence-corrected chi connectivity index (χ0v) is 11.8. The number of hydrogen-bond acceptors (Lipinski definition) is 4. The fourth-order valence-electron chi connectivity index (χ4n) is 2.37. The molecule has 0 aliphatic heterocycles. The van der Waals surface area contributed by atoms with Gasteiger partial charge >= 0.3 is 0 Å². The van der Waals surface area contributed by atoms with Gasteiger partial charge in [0.05, 0.1) is 6.21 Å². The highest BCUT2D eigenvalue weighted by Crippen LogP contribution is 2.36. The molecular formula is C16H15N5O. The van der Waals surface area contributed by atoms with Gasteiger partial charge in [0.25, 0.3) is 0 Å².